The molecule has 0 atom stereocenters. The van der Waals surface area contributed by atoms with Crippen LogP contribution in [0.1, 0.15) is 29.5 Å². The van der Waals surface area contributed by atoms with Crippen molar-refractivity contribution in [3.8, 4) is 5.75 Å². The van der Waals surface area contributed by atoms with Crippen molar-refractivity contribution in [1.29, 1.82) is 0 Å². The van der Waals surface area contributed by atoms with Gasteiger partial charge in [-0.05, 0) is 62.4 Å². The summed E-state index contributed by atoms with van der Waals surface area (Å²) in [6, 6.07) is 4.20. The number of ether oxygens (including phenoxy) is 1. The first kappa shape index (κ1) is 14.4. The Hall–Kier alpha value is -1.06. The molecule has 1 aromatic rings. The molecular weight excluding hydrogens is 238 g/mol. The summed E-state index contributed by atoms with van der Waals surface area (Å²) in [6.45, 7) is 6.49. The van der Waals surface area contributed by atoms with Gasteiger partial charge in [-0.15, -0.1) is 0 Å². The van der Waals surface area contributed by atoms with E-state index in [4.69, 9.17) is 4.74 Å². The number of aliphatic hydroxyl groups is 1. The van der Waals surface area contributed by atoms with Gasteiger partial charge >= 0.3 is 0 Å². The van der Waals surface area contributed by atoms with Crippen molar-refractivity contribution in [1.82, 2.24) is 5.32 Å². The highest BCUT2D eigenvalue weighted by atomic mass is 16.5. The second-order valence-electron chi connectivity index (χ2n) is 5.76. The molecule has 0 unspecified atom stereocenters. The lowest BCUT2D eigenvalue weighted by Gasteiger charge is -2.15. The Balaban J connectivity index is 1.84. The number of rotatable bonds is 7. The summed E-state index contributed by atoms with van der Waals surface area (Å²) >= 11 is 0. The zero-order chi connectivity index (χ0) is 13.9. The summed E-state index contributed by atoms with van der Waals surface area (Å²) < 4.78 is 5.33. The van der Waals surface area contributed by atoms with Gasteiger partial charge in [0, 0.05) is 18.6 Å². The van der Waals surface area contributed by atoms with Gasteiger partial charge < -0.3 is 15.2 Å². The fourth-order valence-electron chi connectivity index (χ4n) is 2.49. The first-order chi connectivity index (χ1) is 9.12. The minimum atomic E-state index is 0.199. The van der Waals surface area contributed by atoms with Crippen LogP contribution in [0.25, 0.3) is 0 Å². The molecule has 3 heteroatoms. The number of aliphatic hydroxyl groups excluding tert-OH is 1. The van der Waals surface area contributed by atoms with Gasteiger partial charge in [0.1, 0.15) is 5.75 Å². The molecule has 0 bridgehead atoms. The van der Waals surface area contributed by atoms with Crippen molar-refractivity contribution in [3.63, 3.8) is 0 Å². The highest BCUT2D eigenvalue weighted by Crippen LogP contribution is 2.44. The van der Waals surface area contributed by atoms with Crippen LogP contribution in [-0.2, 0) is 6.42 Å². The third-order valence-corrected chi connectivity index (χ3v) is 4.43. The molecule has 0 saturated heterocycles. The Kier molecular flexibility index (Phi) is 4.48. The fourth-order valence-corrected chi connectivity index (χ4v) is 2.49. The van der Waals surface area contributed by atoms with E-state index in [-0.39, 0.29) is 5.41 Å². The molecule has 0 spiro atoms. The molecule has 1 fully saturated rings. The fraction of sp³-hybridized carbons (Fsp3) is 0.625. The predicted octanol–water partition coefficient (Wildman–Crippen LogP) is 2.22. The van der Waals surface area contributed by atoms with Crippen LogP contribution < -0.4 is 10.1 Å². The first-order valence-corrected chi connectivity index (χ1v) is 7.06. The Morgan fingerprint density at radius 2 is 2.00 bits per heavy atom. The standard InChI is InChI=1S/C16H25NO2/c1-12-13(2)15(19-3)5-4-14(12)6-9-17-10-16(11-18)7-8-16/h4-5,17-18H,6-11H2,1-3H3. The summed E-state index contributed by atoms with van der Waals surface area (Å²) in [6.07, 6.45) is 3.35. The second-order valence-corrected chi connectivity index (χ2v) is 5.76. The van der Waals surface area contributed by atoms with Crippen molar-refractivity contribution < 1.29 is 9.84 Å². The van der Waals surface area contributed by atoms with Crippen LogP contribution in [-0.4, -0.2) is 31.9 Å². The average molecular weight is 263 g/mol. The molecule has 19 heavy (non-hydrogen) atoms. The molecule has 1 aliphatic carbocycles. The van der Waals surface area contributed by atoms with Crippen LogP contribution in [0.2, 0.25) is 0 Å². The van der Waals surface area contributed by atoms with Gasteiger partial charge in [-0.1, -0.05) is 6.07 Å². The van der Waals surface area contributed by atoms with Crippen LogP contribution >= 0.6 is 0 Å². The summed E-state index contributed by atoms with van der Waals surface area (Å²) in [4.78, 5) is 0. The molecule has 3 nitrogen and oxygen atoms in total. The summed E-state index contributed by atoms with van der Waals surface area (Å²) in [5.74, 6) is 0.964. The largest absolute Gasteiger partial charge is 0.496 e. The quantitative estimate of drug-likeness (QED) is 0.741. The monoisotopic (exact) mass is 263 g/mol. The lowest BCUT2D eigenvalue weighted by atomic mass is 10.00. The average Bonchev–Trinajstić information content (AvgIpc) is 3.20. The van der Waals surface area contributed by atoms with Gasteiger partial charge in [0.05, 0.1) is 7.11 Å². The Bertz CT molecular complexity index is 439. The molecule has 1 aromatic carbocycles. The Morgan fingerprint density at radius 1 is 1.26 bits per heavy atom. The van der Waals surface area contributed by atoms with Crippen LogP contribution in [0.3, 0.4) is 0 Å². The zero-order valence-corrected chi connectivity index (χ0v) is 12.3. The van der Waals surface area contributed by atoms with E-state index in [0.29, 0.717) is 6.61 Å². The maximum Gasteiger partial charge on any atom is 0.122 e. The van der Waals surface area contributed by atoms with Crippen LogP contribution in [0.4, 0.5) is 0 Å². The zero-order valence-electron chi connectivity index (χ0n) is 12.3. The van der Waals surface area contributed by atoms with Crippen molar-refractivity contribution in [2.75, 3.05) is 26.8 Å². The van der Waals surface area contributed by atoms with E-state index in [0.717, 1.165) is 38.1 Å². The van der Waals surface area contributed by atoms with E-state index in [2.05, 4.69) is 25.2 Å². The van der Waals surface area contributed by atoms with E-state index in [1.165, 1.54) is 16.7 Å². The minimum absolute atomic E-state index is 0.199. The van der Waals surface area contributed by atoms with Crippen LogP contribution in [0.5, 0.6) is 5.75 Å². The van der Waals surface area contributed by atoms with E-state index >= 15 is 0 Å². The molecule has 0 aliphatic heterocycles. The van der Waals surface area contributed by atoms with Gasteiger partial charge in [-0.25, -0.2) is 0 Å². The molecule has 2 rings (SSSR count). The van der Waals surface area contributed by atoms with Crippen molar-refractivity contribution >= 4 is 0 Å². The lowest BCUT2D eigenvalue weighted by Crippen LogP contribution is -2.28. The minimum Gasteiger partial charge on any atom is -0.496 e. The summed E-state index contributed by atoms with van der Waals surface area (Å²) in [5.41, 5.74) is 4.13. The summed E-state index contributed by atoms with van der Waals surface area (Å²) in [5, 5.41) is 12.7. The molecule has 0 aromatic heterocycles. The number of nitrogens with one attached hydrogen (secondary N) is 1. The van der Waals surface area contributed by atoms with E-state index in [1.54, 1.807) is 7.11 Å². The van der Waals surface area contributed by atoms with E-state index in [9.17, 15) is 5.11 Å². The highest BCUT2D eigenvalue weighted by Gasteiger charge is 2.41. The maximum absolute atomic E-state index is 9.26. The van der Waals surface area contributed by atoms with Crippen LogP contribution in [0, 0.1) is 19.3 Å². The topological polar surface area (TPSA) is 41.5 Å². The van der Waals surface area contributed by atoms with Crippen molar-refractivity contribution in [2.45, 2.75) is 33.1 Å². The normalized spacial score (nSPS) is 16.4. The van der Waals surface area contributed by atoms with E-state index in [1.807, 2.05) is 6.07 Å². The molecule has 1 aliphatic rings. The molecule has 0 amide bonds. The van der Waals surface area contributed by atoms with Gasteiger partial charge in [-0.3, -0.25) is 0 Å². The van der Waals surface area contributed by atoms with Crippen LogP contribution in [0.15, 0.2) is 12.1 Å². The van der Waals surface area contributed by atoms with Gasteiger partial charge in [-0.2, -0.15) is 0 Å². The molecule has 106 valence electrons. The van der Waals surface area contributed by atoms with Gasteiger partial charge in [0.15, 0.2) is 0 Å². The molecule has 0 radical (unpaired) electrons. The molecule has 1 saturated carbocycles. The highest BCUT2D eigenvalue weighted by molar-refractivity contribution is 5.43. The molecule has 2 N–H and O–H groups in total. The second kappa shape index (κ2) is 5.93. The predicted molar refractivity (Wildman–Crippen MR) is 77.8 cm³/mol. The van der Waals surface area contributed by atoms with Gasteiger partial charge in [0.25, 0.3) is 0 Å². The van der Waals surface area contributed by atoms with Crippen molar-refractivity contribution in [2.24, 2.45) is 5.41 Å². The Morgan fingerprint density at radius 3 is 2.58 bits per heavy atom. The lowest BCUT2D eigenvalue weighted by molar-refractivity contribution is 0.208. The van der Waals surface area contributed by atoms with E-state index < -0.39 is 0 Å². The number of hydrogen-bond donors (Lipinski definition) is 2. The maximum atomic E-state index is 9.26. The number of hydrogen-bond acceptors (Lipinski definition) is 3. The molecule has 0 heterocycles. The molecular formula is C16H25NO2. The van der Waals surface area contributed by atoms with Crippen molar-refractivity contribution in [3.05, 3.63) is 28.8 Å². The summed E-state index contributed by atoms with van der Waals surface area (Å²) in [7, 11) is 1.72. The number of benzene rings is 1. The van der Waals surface area contributed by atoms with Gasteiger partial charge in [0.2, 0.25) is 0 Å². The SMILES string of the molecule is COc1ccc(CCNCC2(CO)CC2)c(C)c1C. The smallest absolute Gasteiger partial charge is 0.122 e. The number of methoxy groups -OCH3 is 1. The third kappa shape index (κ3) is 3.28. The third-order valence-electron chi connectivity index (χ3n) is 4.43. The first-order valence-electron chi connectivity index (χ1n) is 7.06. The Labute approximate surface area is 116 Å².